The molecule has 1 saturated carbocycles. The van der Waals surface area contributed by atoms with Crippen molar-refractivity contribution in [2.75, 3.05) is 23.7 Å². The second-order valence-corrected chi connectivity index (χ2v) is 5.64. The maximum Gasteiger partial charge on any atom is 0.123 e. The minimum absolute atomic E-state index is 0.609. The van der Waals surface area contributed by atoms with Gasteiger partial charge in [0.1, 0.15) is 5.82 Å². The van der Waals surface area contributed by atoms with Crippen molar-refractivity contribution < 1.29 is 0 Å². The topological polar surface area (TPSA) is 42.1 Å². The molecule has 0 amide bonds. The van der Waals surface area contributed by atoms with Crippen LogP contribution in [0.3, 0.4) is 0 Å². The first-order chi connectivity index (χ1) is 8.27. The fraction of sp³-hybridized carbons (Fsp3) is 0.643. The van der Waals surface area contributed by atoms with Crippen molar-refractivity contribution in [1.29, 1.82) is 0 Å². The van der Waals surface area contributed by atoms with E-state index >= 15 is 0 Å². The molecule has 2 fully saturated rings. The molecular weight excluding hydrogens is 210 g/mol. The van der Waals surface area contributed by atoms with Gasteiger partial charge in [0.2, 0.25) is 0 Å². The van der Waals surface area contributed by atoms with Crippen LogP contribution >= 0.6 is 0 Å². The first-order valence-corrected chi connectivity index (χ1v) is 6.74. The predicted molar refractivity (Wildman–Crippen MR) is 71.0 cm³/mol. The van der Waals surface area contributed by atoms with Crippen LogP contribution in [-0.2, 0) is 0 Å². The highest BCUT2D eigenvalue weighted by molar-refractivity contribution is 5.48. The van der Waals surface area contributed by atoms with E-state index in [0.29, 0.717) is 11.2 Å². The number of nitrogen functional groups attached to an aromatic ring is 1. The lowest BCUT2D eigenvalue weighted by atomic mass is 9.77. The molecule has 0 aromatic carbocycles. The molecule has 1 aromatic rings. The average molecular weight is 231 g/mol. The molecule has 0 bridgehead atoms. The summed E-state index contributed by atoms with van der Waals surface area (Å²) in [6, 6.07) is 3.99. The van der Waals surface area contributed by atoms with Gasteiger partial charge in [0.25, 0.3) is 0 Å². The molecule has 1 aliphatic carbocycles. The van der Waals surface area contributed by atoms with Crippen LogP contribution in [0.1, 0.15) is 38.5 Å². The van der Waals surface area contributed by atoms with Gasteiger partial charge < -0.3 is 10.6 Å². The Kier molecular flexibility index (Phi) is 2.69. The zero-order valence-corrected chi connectivity index (χ0v) is 10.4. The zero-order valence-electron chi connectivity index (χ0n) is 10.4. The van der Waals surface area contributed by atoms with Gasteiger partial charge in [-0.1, -0.05) is 12.8 Å². The van der Waals surface area contributed by atoms with E-state index in [-0.39, 0.29) is 0 Å². The van der Waals surface area contributed by atoms with Gasteiger partial charge >= 0.3 is 0 Å². The summed E-state index contributed by atoms with van der Waals surface area (Å²) in [5.41, 5.74) is 7.54. The third-order valence-electron chi connectivity index (χ3n) is 4.62. The van der Waals surface area contributed by atoms with Crippen molar-refractivity contribution in [3.8, 4) is 0 Å². The monoisotopic (exact) mass is 231 g/mol. The Morgan fingerprint density at radius 1 is 1.06 bits per heavy atom. The molecule has 1 saturated heterocycles. The van der Waals surface area contributed by atoms with Gasteiger partial charge in [-0.05, 0) is 43.2 Å². The normalized spacial score (nSPS) is 23.2. The number of piperidine rings is 1. The lowest BCUT2D eigenvalue weighted by Crippen LogP contribution is -2.38. The number of pyridine rings is 1. The van der Waals surface area contributed by atoms with Crippen LogP contribution in [-0.4, -0.2) is 18.1 Å². The van der Waals surface area contributed by atoms with Gasteiger partial charge in [0, 0.05) is 13.1 Å². The number of hydrogen-bond acceptors (Lipinski definition) is 3. The summed E-state index contributed by atoms with van der Waals surface area (Å²) in [4.78, 5) is 6.63. The third kappa shape index (κ3) is 2.11. The quantitative estimate of drug-likeness (QED) is 0.808. The molecule has 2 aliphatic rings. The molecule has 2 N–H and O–H groups in total. The molecule has 0 radical (unpaired) electrons. The molecule has 2 heterocycles. The molecular formula is C14H21N3. The molecule has 0 atom stereocenters. The number of hydrogen-bond donors (Lipinski definition) is 1. The standard InChI is InChI=1S/C14H21N3/c15-13-4-3-12(11-16-13)17-9-7-14(8-10-17)5-1-2-6-14/h3-4,11H,1-2,5-10H2,(H2,15,16). The van der Waals surface area contributed by atoms with Crippen LogP contribution in [0.2, 0.25) is 0 Å². The Labute approximate surface area is 103 Å². The van der Waals surface area contributed by atoms with E-state index in [0.717, 1.165) is 0 Å². The van der Waals surface area contributed by atoms with Crippen LogP contribution in [0.15, 0.2) is 18.3 Å². The Bertz CT molecular complexity index is 369. The lowest BCUT2D eigenvalue weighted by molar-refractivity contribution is 0.226. The van der Waals surface area contributed by atoms with E-state index in [1.165, 1.54) is 57.3 Å². The van der Waals surface area contributed by atoms with Crippen molar-refractivity contribution in [2.45, 2.75) is 38.5 Å². The predicted octanol–water partition coefficient (Wildman–Crippen LogP) is 2.82. The number of nitrogens with two attached hydrogens (primary N) is 1. The highest BCUT2D eigenvalue weighted by Crippen LogP contribution is 2.46. The van der Waals surface area contributed by atoms with Crippen LogP contribution in [0.25, 0.3) is 0 Å². The van der Waals surface area contributed by atoms with E-state index in [1.807, 2.05) is 12.3 Å². The highest BCUT2D eigenvalue weighted by atomic mass is 15.1. The van der Waals surface area contributed by atoms with Crippen LogP contribution in [0, 0.1) is 5.41 Å². The van der Waals surface area contributed by atoms with E-state index in [4.69, 9.17) is 5.73 Å². The second-order valence-electron chi connectivity index (χ2n) is 5.64. The van der Waals surface area contributed by atoms with Crippen LogP contribution in [0.5, 0.6) is 0 Å². The molecule has 3 rings (SSSR count). The summed E-state index contributed by atoms with van der Waals surface area (Å²) in [6.07, 6.45) is 10.4. The fourth-order valence-electron chi connectivity index (χ4n) is 3.45. The smallest absolute Gasteiger partial charge is 0.123 e. The Morgan fingerprint density at radius 3 is 2.35 bits per heavy atom. The van der Waals surface area contributed by atoms with E-state index < -0.39 is 0 Å². The number of aromatic nitrogens is 1. The van der Waals surface area contributed by atoms with Gasteiger partial charge in [-0.3, -0.25) is 0 Å². The summed E-state index contributed by atoms with van der Waals surface area (Å²) >= 11 is 0. The van der Waals surface area contributed by atoms with Gasteiger partial charge in [-0.15, -0.1) is 0 Å². The van der Waals surface area contributed by atoms with Crippen molar-refractivity contribution in [2.24, 2.45) is 5.41 Å². The molecule has 3 nitrogen and oxygen atoms in total. The van der Waals surface area contributed by atoms with Gasteiger partial charge in [-0.2, -0.15) is 0 Å². The SMILES string of the molecule is Nc1ccc(N2CCC3(CCCC3)CC2)cn1. The number of rotatable bonds is 1. The zero-order chi connectivity index (χ0) is 11.7. The minimum atomic E-state index is 0.609. The molecule has 1 aromatic heterocycles. The first kappa shape index (κ1) is 10.9. The average Bonchev–Trinajstić information content (AvgIpc) is 2.80. The molecule has 17 heavy (non-hydrogen) atoms. The summed E-state index contributed by atoms with van der Waals surface area (Å²) in [7, 11) is 0. The first-order valence-electron chi connectivity index (χ1n) is 6.74. The molecule has 1 spiro atoms. The van der Waals surface area contributed by atoms with Crippen molar-refractivity contribution in [1.82, 2.24) is 4.98 Å². The van der Waals surface area contributed by atoms with Gasteiger partial charge in [0.15, 0.2) is 0 Å². The van der Waals surface area contributed by atoms with Crippen molar-refractivity contribution >= 4 is 11.5 Å². The Hall–Kier alpha value is -1.25. The van der Waals surface area contributed by atoms with E-state index in [9.17, 15) is 0 Å². The molecule has 3 heteroatoms. The second kappa shape index (κ2) is 4.21. The maximum atomic E-state index is 5.62. The Morgan fingerprint density at radius 2 is 1.76 bits per heavy atom. The summed E-state index contributed by atoms with van der Waals surface area (Å²) in [5.74, 6) is 0.609. The van der Waals surface area contributed by atoms with Crippen LogP contribution < -0.4 is 10.6 Å². The largest absolute Gasteiger partial charge is 0.384 e. The fourth-order valence-corrected chi connectivity index (χ4v) is 3.45. The van der Waals surface area contributed by atoms with Crippen LogP contribution in [0.4, 0.5) is 11.5 Å². The van der Waals surface area contributed by atoms with E-state index in [1.54, 1.807) is 0 Å². The minimum Gasteiger partial charge on any atom is -0.384 e. The summed E-state index contributed by atoms with van der Waals surface area (Å²) < 4.78 is 0. The highest BCUT2D eigenvalue weighted by Gasteiger charge is 2.36. The lowest BCUT2D eigenvalue weighted by Gasteiger charge is -2.40. The number of anilines is 2. The number of nitrogens with zero attached hydrogens (tertiary/aromatic N) is 2. The maximum absolute atomic E-state index is 5.62. The van der Waals surface area contributed by atoms with Crippen molar-refractivity contribution in [3.05, 3.63) is 18.3 Å². The summed E-state index contributed by atoms with van der Waals surface area (Å²) in [6.45, 7) is 2.37. The summed E-state index contributed by atoms with van der Waals surface area (Å²) in [5, 5.41) is 0. The molecule has 92 valence electrons. The Balaban J connectivity index is 1.66. The van der Waals surface area contributed by atoms with Gasteiger partial charge in [0.05, 0.1) is 11.9 Å². The van der Waals surface area contributed by atoms with E-state index in [2.05, 4.69) is 16.0 Å². The molecule has 0 unspecified atom stereocenters. The van der Waals surface area contributed by atoms with Crippen molar-refractivity contribution in [3.63, 3.8) is 0 Å². The molecule has 1 aliphatic heterocycles. The third-order valence-corrected chi connectivity index (χ3v) is 4.62. The van der Waals surface area contributed by atoms with Gasteiger partial charge in [-0.25, -0.2) is 4.98 Å².